The molecular weight excluding hydrogens is 418 g/mol. The smallest absolute Gasteiger partial charge is 0.231 e. The van der Waals surface area contributed by atoms with E-state index >= 15 is 0 Å². The van der Waals surface area contributed by atoms with E-state index in [1.165, 1.54) is 5.56 Å². The van der Waals surface area contributed by atoms with Crippen LogP contribution in [0, 0.1) is 5.41 Å². The number of benzene rings is 2. The fourth-order valence-electron chi connectivity index (χ4n) is 5.45. The Morgan fingerprint density at radius 1 is 1.09 bits per heavy atom. The van der Waals surface area contributed by atoms with Gasteiger partial charge in [-0.25, -0.2) is 0 Å². The fourth-order valence-corrected chi connectivity index (χ4v) is 5.45. The molecule has 2 heterocycles. The number of fused-ring (bicyclic) bond motifs is 2. The lowest BCUT2D eigenvalue weighted by Gasteiger charge is -2.40. The third-order valence-electron chi connectivity index (χ3n) is 7.56. The van der Waals surface area contributed by atoms with E-state index in [-0.39, 0.29) is 43.3 Å². The first kappa shape index (κ1) is 22.2. The molecule has 0 spiro atoms. The van der Waals surface area contributed by atoms with E-state index in [1.807, 2.05) is 24.3 Å². The number of hydrogen-bond donors (Lipinski definition) is 2. The van der Waals surface area contributed by atoms with E-state index in [9.17, 15) is 15.0 Å². The van der Waals surface area contributed by atoms with E-state index in [0.717, 1.165) is 47.6 Å². The Morgan fingerprint density at radius 3 is 2.48 bits per heavy atom. The van der Waals surface area contributed by atoms with Gasteiger partial charge in [-0.3, -0.25) is 4.79 Å². The Bertz CT molecular complexity index is 1060. The summed E-state index contributed by atoms with van der Waals surface area (Å²) in [5.74, 6) is 1.70. The molecule has 0 radical (unpaired) electrons. The third kappa shape index (κ3) is 3.79. The molecule has 2 N–H and O–H groups in total. The summed E-state index contributed by atoms with van der Waals surface area (Å²) in [5, 5.41) is 19.7. The molecule has 6 nitrogen and oxygen atoms in total. The van der Waals surface area contributed by atoms with E-state index < -0.39 is 5.41 Å². The number of ether oxygens (including phenoxy) is 2. The summed E-state index contributed by atoms with van der Waals surface area (Å²) in [7, 11) is 0. The van der Waals surface area contributed by atoms with Gasteiger partial charge in [-0.1, -0.05) is 39.0 Å². The third-order valence-corrected chi connectivity index (χ3v) is 7.56. The summed E-state index contributed by atoms with van der Waals surface area (Å²) in [6.45, 7) is 6.61. The number of rotatable bonds is 7. The number of anilines is 1. The minimum atomic E-state index is -0.418. The van der Waals surface area contributed by atoms with Crippen LogP contribution in [0.4, 0.5) is 5.69 Å². The Kier molecular flexibility index (Phi) is 5.41. The van der Waals surface area contributed by atoms with Crippen LogP contribution in [0.15, 0.2) is 36.4 Å². The van der Waals surface area contributed by atoms with Crippen molar-refractivity contribution < 1.29 is 24.5 Å². The molecule has 1 unspecified atom stereocenters. The molecule has 6 heteroatoms. The summed E-state index contributed by atoms with van der Waals surface area (Å²) < 4.78 is 10.9. The van der Waals surface area contributed by atoms with Gasteiger partial charge in [0.05, 0.1) is 24.7 Å². The van der Waals surface area contributed by atoms with Gasteiger partial charge in [0.25, 0.3) is 0 Å². The summed E-state index contributed by atoms with van der Waals surface area (Å²) in [6.07, 6.45) is 2.96. The van der Waals surface area contributed by atoms with Crippen LogP contribution in [-0.4, -0.2) is 48.1 Å². The highest BCUT2D eigenvalue weighted by atomic mass is 16.7. The number of aliphatic hydroxyl groups is 2. The highest BCUT2D eigenvalue weighted by Gasteiger charge is 2.51. The van der Waals surface area contributed by atoms with Crippen molar-refractivity contribution in [3.63, 3.8) is 0 Å². The average molecular weight is 452 g/mol. The summed E-state index contributed by atoms with van der Waals surface area (Å²) >= 11 is 0. The molecule has 2 aromatic carbocycles. The zero-order chi connectivity index (χ0) is 23.4. The fraction of sp³-hybridized carbons (Fsp3) is 0.519. The standard InChI is InChI=1S/C27H33NO5/c1-26(2,3)24-12-18-10-17(4-6-21(18)28(24)20(14-29)15-30)11-25(31)27(8-9-27)19-5-7-22-23(13-19)33-16-32-22/h4-7,10,13,20,24,29-30H,8-9,11-12,14-16H2,1-3H3. The van der Waals surface area contributed by atoms with E-state index in [2.05, 4.69) is 37.8 Å². The van der Waals surface area contributed by atoms with Gasteiger partial charge in [-0.05, 0) is 59.6 Å². The number of carbonyl (C=O) groups is 1. The lowest BCUT2D eigenvalue weighted by Crippen LogP contribution is -2.50. The number of ketones is 1. The summed E-state index contributed by atoms with van der Waals surface area (Å²) in [5.41, 5.74) is 3.83. The van der Waals surface area contributed by atoms with E-state index in [4.69, 9.17) is 9.47 Å². The molecule has 1 aliphatic carbocycles. The zero-order valence-electron chi connectivity index (χ0n) is 19.6. The molecule has 5 rings (SSSR count). The van der Waals surface area contributed by atoms with Crippen LogP contribution in [0.2, 0.25) is 0 Å². The maximum Gasteiger partial charge on any atom is 0.231 e. The maximum absolute atomic E-state index is 13.4. The van der Waals surface area contributed by atoms with Gasteiger partial charge >= 0.3 is 0 Å². The van der Waals surface area contributed by atoms with Gasteiger partial charge in [-0.15, -0.1) is 0 Å². The zero-order valence-corrected chi connectivity index (χ0v) is 19.6. The van der Waals surface area contributed by atoms with Gasteiger partial charge in [0, 0.05) is 18.2 Å². The van der Waals surface area contributed by atoms with Gasteiger partial charge in [0.15, 0.2) is 11.5 Å². The molecule has 2 aliphatic heterocycles. The minimum Gasteiger partial charge on any atom is -0.454 e. The van der Waals surface area contributed by atoms with Crippen LogP contribution in [-0.2, 0) is 23.1 Å². The average Bonchev–Trinajstić information content (AvgIpc) is 3.31. The Hall–Kier alpha value is -2.57. The van der Waals surface area contributed by atoms with Gasteiger partial charge in [0.1, 0.15) is 5.78 Å². The van der Waals surface area contributed by atoms with Crippen LogP contribution in [0.3, 0.4) is 0 Å². The van der Waals surface area contributed by atoms with Crippen LogP contribution in [0.5, 0.6) is 11.5 Å². The lowest BCUT2D eigenvalue weighted by atomic mass is 9.83. The van der Waals surface area contributed by atoms with Crippen molar-refractivity contribution in [1.82, 2.24) is 0 Å². The van der Waals surface area contributed by atoms with Crippen LogP contribution < -0.4 is 14.4 Å². The monoisotopic (exact) mass is 451 g/mol. The first-order valence-electron chi connectivity index (χ1n) is 11.8. The molecule has 0 saturated heterocycles. The molecule has 1 saturated carbocycles. The molecule has 33 heavy (non-hydrogen) atoms. The molecule has 0 aromatic heterocycles. The van der Waals surface area contributed by atoms with Crippen molar-refractivity contribution in [1.29, 1.82) is 0 Å². The van der Waals surface area contributed by atoms with Crippen LogP contribution in [0.25, 0.3) is 0 Å². The molecule has 2 aromatic rings. The molecule has 0 bridgehead atoms. The van der Waals surface area contributed by atoms with Crippen LogP contribution in [0.1, 0.15) is 50.3 Å². The lowest BCUT2D eigenvalue weighted by molar-refractivity contribution is -0.120. The van der Waals surface area contributed by atoms with Gasteiger partial charge < -0.3 is 24.6 Å². The number of nitrogens with zero attached hydrogens (tertiary/aromatic N) is 1. The van der Waals surface area contributed by atoms with E-state index in [0.29, 0.717) is 6.42 Å². The molecule has 176 valence electrons. The Balaban J connectivity index is 1.39. The highest BCUT2D eigenvalue weighted by Crippen LogP contribution is 2.52. The molecule has 0 amide bonds. The van der Waals surface area contributed by atoms with Crippen molar-refractivity contribution in [2.24, 2.45) is 5.41 Å². The second kappa shape index (κ2) is 8.03. The largest absolute Gasteiger partial charge is 0.454 e. The molecular formula is C27H33NO5. The first-order valence-corrected chi connectivity index (χ1v) is 11.8. The number of carbonyl (C=O) groups excluding carboxylic acids is 1. The number of Topliss-reactive ketones (excluding diaryl/α,β-unsaturated/α-hetero) is 1. The SMILES string of the molecule is CC(C)(C)C1Cc2cc(CC(=O)C3(c4ccc5c(c4)OCO5)CC3)ccc2N1C(CO)CO. The first-order chi connectivity index (χ1) is 15.8. The summed E-state index contributed by atoms with van der Waals surface area (Å²) in [6, 6.07) is 11.9. The quantitative estimate of drug-likeness (QED) is 0.672. The topological polar surface area (TPSA) is 79.2 Å². The minimum absolute atomic E-state index is 0.0188. The predicted octanol–water partition coefficient (Wildman–Crippen LogP) is 3.39. The van der Waals surface area contributed by atoms with Crippen molar-refractivity contribution in [2.75, 3.05) is 24.9 Å². The molecule has 3 aliphatic rings. The van der Waals surface area contributed by atoms with Crippen molar-refractivity contribution in [3.8, 4) is 11.5 Å². The van der Waals surface area contributed by atoms with Gasteiger partial charge in [0.2, 0.25) is 6.79 Å². The molecule has 1 atom stereocenters. The Morgan fingerprint density at radius 2 is 1.82 bits per heavy atom. The van der Waals surface area contributed by atoms with E-state index in [1.54, 1.807) is 0 Å². The predicted molar refractivity (Wildman–Crippen MR) is 126 cm³/mol. The number of aliphatic hydroxyl groups excluding tert-OH is 2. The molecule has 1 fully saturated rings. The van der Waals surface area contributed by atoms with Gasteiger partial charge in [-0.2, -0.15) is 0 Å². The second-order valence-electron chi connectivity index (χ2n) is 10.7. The van der Waals surface area contributed by atoms with Crippen molar-refractivity contribution in [3.05, 3.63) is 53.1 Å². The highest BCUT2D eigenvalue weighted by molar-refractivity contribution is 5.95. The van der Waals surface area contributed by atoms with Crippen molar-refractivity contribution in [2.45, 2.75) is 64.0 Å². The second-order valence-corrected chi connectivity index (χ2v) is 10.7. The number of hydrogen-bond acceptors (Lipinski definition) is 6. The maximum atomic E-state index is 13.4. The summed E-state index contributed by atoms with van der Waals surface area (Å²) in [4.78, 5) is 15.6. The normalized spacial score (nSPS) is 20.3. The van der Waals surface area contributed by atoms with Crippen molar-refractivity contribution >= 4 is 11.5 Å². The Labute approximate surface area is 195 Å². The van der Waals surface area contributed by atoms with Crippen LogP contribution >= 0.6 is 0 Å².